The summed E-state index contributed by atoms with van der Waals surface area (Å²) in [4.78, 5) is 0.897. The summed E-state index contributed by atoms with van der Waals surface area (Å²) in [6.07, 6.45) is 3.39. The van der Waals surface area contributed by atoms with E-state index >= 15 is 0 Å². The van der Waals surface area contributed by atoms with Gasteiger partial charge in [-0.15, -0.1) is 0 Å². The SMILES string of the molecule is CCCNC1CC(C)CC(C)C1S(=O)c1ccc(Cl)cc1. The highest BCUT2D eigenvalue weighted by molar-refractivity contribution is 7.85. The molecule has 1 fully saturated rings. The van der Waals surface area contributed by atoms with E-state index in [1.807, 2.05) is 24.3 Å². The highest BCUT2D eigenvalue weighted by Gasteiger charge is 2.37. The summed E-state index contributed by atoms with van der Waals surface area (Å²) in [5.41, 5.74) is 0. The number of hydrogen-bond acceptors (Lipinski definition) is 2. The van der Waals surface area contributed by atoms with Crippen molar-refractivity contribution in [2.75, 3.05) is 6.54 Å². The minimum Gasteiger partial charge on any atom is -0.313 e. The largest absolute Gasteiger partial charge is 0.313 e. The first-order chi connectivity index (χ1) is 10.0. The molecule has 1 N–H and O–H groups in total. The van der Waals surface area contributed by atoms with Crippen molar-refractivity contribution in [1.82, 2.24) is 5.32 Å². The highest BCUT2D eigenvalue weighted by Crippen LogP contribution is 2.34. The molecular weight excluding hydrogens is 302 g/mol. The van der Waals surface area contributed by atoms with Crippen LogP contribution in [0.4, 0.5) is 0 Å². The average Bonchev–Trinajstić information content (AvgIpc) is 2.44. The lowest BCUT2D eigenvalue weighted by atomic mass is 9.80. The zero-order chi connectivity index (χ0) is 15.4. The smallest absolute Gasteiger partial charge is 0.0579 e. The van der Waals surface area contributed by atoms with E-state index in [1.165, 1.54) is 0 Å². The van der Waals surface area contributed by atoms with Crippen molar-refractivity contribution in [3.63, 3.8) is 0 Å². The van der Waals surface area contributed by atoms with Crippen LogP contribution in [0.2, 0.25) is 5.02 Å². The van der Waals surface area contributed by atoms with E-state index in [0.717, 1.165) is 30.7 Å². The van der Waals surface area contributed by atoms with Crippen LogP contribution in [0.5, 0.6) is 0 Å². The Labute approximate surface area is 136 Å². The van der Waals surface area contributed by atoms with E-state index in [-0.39, 0.29) is 5.25 Å². The molecule has 0 aliphatic heterocycles. The van der Waals surface area contributed by atoms with Gasteiger partial charge in [-0.25, -0.2) is 0 Å². The van der Waals surface area contributed by atoms with Gasteiger partial charge in [-0.3, -0.25) is 4.21 Å². The summed E-state index contributed by atoms with van der Waals surface area (Å²) in [6, 6.07) is 7.82. The first-order valence-corrected chi connectivity index (χ1v) is 9.51. The predicted octanol–water partition coefficient (Wildman–Crippen LogP) is 4.25. The second-order valence-electron chi connectivity index (χ2n) is 6.33. The molecule has 0 heterocycles. The van der Waals surface area contributed by atoms with E-state index in [1.54, 1.807) is 0 Å². The zero-order valence-corrected chi connectivity index (χ0v) is 14.7. The lowest BCUT2D eigenvalue weighted by Gasteiger charge is -2.39. The lowest BCUT2D eigenvalue weighted by molar-refractivity contribution is 0.246. The van der Waals surface area contributed by atoms with Gasteiger partial charge in [-0.05, 0) is 61.9 Å². The molecule has 21 heavy (non-hydrogen) atoms. The number of halogens is 1. The number of benzene rings is 1. The number of rotatable bonds is 5. The Morgan fingerprint density at radius 3 is 2.52 bits per heavy atom. The third-order valence-electron chi connectivity index (χ3n) is 4.34. The van der Waals surface area contributed by atoms with Crippen LogP contribution < -0.4 is 5.32 Å². The minimum absolute atomic E-state index is 0.189. The fourth-order valence-corrected chi connectivity index (χ4v) is 5.33. The van der Waals surface area contributed by atoms with Gasteiger partial charge in [0.05, 0.1) is 16.0 Å². The Morgan fingerprint density at radius 1 is 1.24 bits per heavy atom. The molecule has 0 spiro atoms. The van der Waals surface area contributed by atoms with Crippen LogP contribution in [0.1, 0.15) is 40.0 Å². The molecule has 2 rings (SSSR count). The quantitative estimate of drug-likeness (QED) is 0.876. The fourth-order valence-electron chi connectivity index (χ4n) is 3.44. The van der Waals surface area contributed by atoms with Crippen LogP contribution in [0.3, 0.4) is 0 Å². The molecule has 4 heteroatoms. The number of hydrogen-bond donors (Lipinski definition) is 1. The lowest BCUT2D eigenvalue weighted by Crippen LogP contribution is -2.50. The van der Waals surface area contributed by atoms with Crippen molar-refractivity contribution in [3.05, 3.63) is 29.3 Å². The molecule has 0 amide bonds. The number of nitrogens with one attached hydrogen (secondary N) is 1. The van der Waals surface area contributed by atoms with Crippen LogP contribution in [0.15, 0.2) is 29.2 Å². The topological polar surface area (TPSA) is 29.1 Å². The van der Waals surface area contributed by atoms with Gasteiger partial charge < -0.3 is 5.32 Å². The standard InChI is InChI=1S/C17H26ClNOS/c1-4-9-19-16-11-12(2)10-13(3)17(16)21(20)15-7-5-14(18)6-8-15/h5-8,12-13,16-17,19H,4,9-11H2,1-3H3. The second kappa shape index (κ2) is 7.75. The van der Waals surface area contributed by atoms with Crippen LogP contribution in [0.25, 0.3) is 0 Å². The first-order valence-electron chi connectivity index (χ1n) is 7.92. The van der Waals surface area contributed by atoms with Gasteiger partial charge in [0.15, 0.2) is 0 Å². The maximum Gasteiger partial charge on any atom is 0.0579 e. The molecule has 5 atom stereocenters. The molecule has 118 valence electrons. The van der Waals surface area contributed by atoms with E-state index in [4.69, 9.17) is 11.6 Å². The summed E-state index contributed by atoms with van der Waals surface area (Å²) in [7, 11) is -0.978. The Kier molecular flexibility index (Phi) is 6.27. The van der Waals surface area contributed by atoms with Gasteiger partial charge in [-0.2, -0.15) is 0 Å². The van der Waals surface area contributed by atoms with E-state index < -0.39 is 10.8 Å². The summed E-state index contributed by atoms with van der Waals surface area (Å²) in [6.45, 7) is 7.72. The highest BCUT2D eigenvalue weighted by atomic mass is 35.5. The zero-order valence-electron chi connectivity index (χ0n) is 13.1. The van der Waals surface area contributed by atoms with Crippen molar-refractivity contribution in [2.24, 2.45) is 11.8 Å². The van der Waals surface area contributed by atoms with E-state index in [2.05, 4.69) is 26.1 Å². The van der Waals surface area contributed by atoms with Crippen molar-refractivity contribution in [1.29, 1.82) is 0 Å². The Balaban J connectivity index is 2.19. The molecule has 1 aromatic rings. The monoisotopic (exact) mass is 327 g/mol. The van der Waals surface area contributed by atoms with Gasteiger partial charge in [0.2, 0.25) is 0 Å². The predicted molar refractivity (Wildman–Crippen MR) is 91.3 cm³/mol. The molecule has 2 nitrogen and oxygen atoms in total. The van der Waals surface area contributed by atoms with Crippen LogP contribution >= 0.6 is 11.6 Å². The maximum atomic E-state index is 13.0. The van der Waals surface area contributed by atoms with E-state index in [9.17, 15) is 4.21 Å². The first kappa shape index (κ1) is 17.0. The molecule has 0 bridgehead atoms. The third kappa shape index (κ3) is 4.30. The van der Waals surface area contributed by atoms with Crippen LogP contribution in [-0.2, 0) is 10.8 Å². The Bertz CT molecular complexity index is 476. The molecule has 5 unspecified atom stereocenters. The molecular formula is C17H26ClNOS. The van der Waals surface area contributed by atoms with Crippen molar-refractivity contribution in [3.8, 4) is 0 Å². The van der Waals surface area contributed by atoms with Crippen molar-refractivity contribution < 1.29 is 4.21 Å². The summed E-state index contributed by atoms with van der Waals surface area (Å²) in [5, 5.41) is 4.51. The Hall–Kier alpha value is -0.380. The van der Waals surface area contributed by atoms with Gasteiger partial charge in [0.25, 0.3) is 0 Å². The molecule has 0 saturated heterocycles. The van der Waals surface area contributed by atoms with Crippen LogP contribution in [0, 0.1) is 11.8 Å². The summed E-state index contributed by atoms with van der Waals surface area (Å²) in [5.74, 6) is 1.17. The van der Waals surface area contributed by atoms with Gasteiger partial charge in [-0.1, -0.05) is 32.4 Å². The van der Waals surface area contributed by atoms with Gasteiger partial charge in [0, 0.05) is 16.0 Å². The van der Waals surface area contributed by atoms with E-state index in [0.29, 0.717) is 22.9 Å². The molecule has 0 radical (unpaired) electrons. The fraction of sp³-hybridized carbons (Fsp3) is 0.647. The van der Waals surface area contributed by atoms with Gasteiger partial charge in [0.1, 0.15) is 0 Å². The normalized spacial score (nSPS) is 31.0. The minimum atomic E-state index is -0.978. The summed E-state index contributed by atoms with van der Waals surface area (Å²) < 4.78 is 13.0. The maximum absolute atomic E-state index is 13.0. The van der Waals surface area contributed by atoms with Crippen molar-refractivity contribution >= 4 is 22.4 Å². The van der Waals surface area contributed by atoms with Gasteiger partial charge >= 0.3 is 0 Å². The summed E-state index contributed by atoms with van der Waals surface area (Å²) >= 11 is 5.94. The molecule has 1 saturated carbocycles. The molecule has 0 aromatic heterocycles. The second-order valence-corrected chi connectivity index (χ2v) is 8.38. The Morgan fingerprint density at radius 2 is 1.90 bits per heavy atom. The molecule has 1 aliphatic carbocycles. The molecule has 1 aliphatic rings. The molecule has 1 aromatic carbocycles. The average molecular weight is 328 g/mol. The third-order valence-corrected chi connectivity index (χ3v) is 6.61. The van der Waals surface area contributed by atoms with Crippen molar-refractivity contribution in [2.45, 2.75) is 56.2 Å². The van der Waals surface area contributed by atoms with Crippen LogP contribution in [-0.4, -0.2) is 22.0 Å².